The first-order valence-electron chi connectivity index (χ1n) is 4.79. The van der Waals surface area contributed by atoms with Gasteiger partial charge in [-0.25, -0.2) is 0 Å². The van der Waals surface area contributed by atoms with Crippen LogP contribution in [0.1, 0.15) is 20.8 Å². The fourth-order valence-electron chi connectivity index (χ4n) is 0.799. The number of nitrogens with two attached hydrogens (primary N) is 1. The van der Waals surface area contributed by atoms with Gasteiger partial charge in [0.25, 0.3) is 0 Å². The van der Waals surface area contributed by atoms with Crippen LogP contribution in [0, 0.1) is 0 Å². The molecule has 1 unspecified atom stereocenters. The van der Waals surface area contributed by atoms with Crippen molar-refractivity contribution < 1.29 is 19.4 Å². The Morgan fingerprint density at radius 3 is 2.00 bits per heavy atom. The van der Waals surface area contributed by atoms with Gasteiger partial charge in [-0.05, 0) is 20.8 Å². The van der Waals surface area contributed by atoms with Crippen LogP contribution >= 0.6 is 8.38 Å². The van der Waals surface area contributed by atoms with Crippen molar-refractivity contribution in [3.05, 3.63) is 0 Å². The molecule has 3 atom stereocenters. The topological polar surface area (TPSA) is 125 Å². The predicted octanol–water partition coefficient (Wildman–Crippen LogP) is -1.40. The van der Waals surface area contributed by atoms with E-state index in [1.54, 1.807) is 0 Å². The lowest BCUT2D eigenvalue weighted by Crippen LogP contribution is -2.50. The molecule has 0 aromatic rings. The van der Waals surface area contributed by atoms with Crippen molar-refractivity contribution in [2.75, 3.05) is 0 Å². The molecule has 16 heavy (non-hydrogen) atoms. The summed E-state index contributed by atoms with van der Waals surface area (Å²) in [4.78, 5) is 40.2. The summed E-state index contributed by atoms with van der Waals surface area (Å²) in [6.07, 6.45) is 0. The SMILES string of the molecule is CC(NC(=O)[C@H](C)NC(=O)[C@H](C)N)P(O)O. The molecule has 0 aliphatic carbocycles. The van der Waals surface area contributed by atoms with Crippen LogP contribution in [0.3, 0.4) is 0 Å². The van der Waals surface area contributed by atoms with Gasteiger partial charge in [-0.15, -0.1) is 0 Å². The van der Waals surface area contributed by atoms with Crippen LogP contribution in [0.2, 0.25) is 0 Å². The molecule has 0 saturated heterocycles. The molecule has 8 heteroatoms. The molecule has 7 nitrogen and oxygen atoms in total. The highest BCUT2D eigenvalue weighted by Crippen LogP contribution is 2.27. The van der Waals surface area contributed by atoms with E-state index in [0.29, 0.717) is 0 Å². The fourth-order valence-corrected chi connectivity index (χ4v) is 1.04. The van der Waals surface area contributed by atoms with Gasteiger partial charge in [-0.3, -0.25) is 9.59 Å². The lowest BCUT2D eigenvalue weighted by Gasteiger charge is -2.19. The van der Waals surface area contributed by atoms with Crippen LogP contribution in [-0.4, -0.2) is 39.5 Å². The largest absolute Gasteiger partial charge is 0.349 e. The van der Waals surface area contributed by atoms with Crippen molar-refractivity contribution in [2.45, 2.75) is 38.6 Å². The van der Waals surface area contributed by atoms with Crippen molar-refractivity contribution in [1.82, 2.24) is 10.6 Å². The lowest BCUT2D eigenvalue weighted by molar-refractivity contribution is -0.129. The number of rotatable bonds is 5. The van der Waals surface area contributed by atoms with Crippen LogP contribution in [0.25, 0.3) is 0 Å². The third-order valence-corrected chi connectivity index (χ3v) is 2.69. The van der Waals surface area contributed by atoms with E-state index in [1.165, 1.54) is 20.8 Å². The summed E-state index contributed by atoms with van der Waals surface area (Å²) in [5, 5.41) is 4.75. The monoisotopic (exact) mass is 251 g/mol. The van der Waals surface area contributed by atoms with Gasteiger partial charge in [0.05, 0.1) is 11.8 Å². The molecule has 0 aromatic carbocycles. The summed E-state index contributed by atoms with van der Waals surface area (Å²) < 4.78 is 0. The number of hydrogen-bond donors (Lipinski definition) is 5. The Balaban J connectivity index is 4.14. The highest BCUT2D eigenvalue weighted by molar-refractivity contribution is 7.45. The van der Waals surface area contributed by atoms with Crippen molar-refractivity contribution in [2.24, 2.45) is 5.73 Å². The Labute approximate surface area is 95.3 Å². The smallest absolute Gasteiger partial charge is 0.242 e. The zero-order chi connectivity index (χ0) is 12.9. The van der Waals surface area contributed by atoms with E-state index in [4.69, 9.17) is 15.5 Å². The van der Waals surface area contributed by atoms with E-state index in [0.717, 1.165) is 0 Å². The Morgan fingerprint density at radius 2 is 1.62 bits per heavy atom. The van der Waals surface area contributed by atoms with Gasteiger partial charge in [0, 0.05) is 0 Å². The predicted molar refractivity (Wildman–Crippen MR) is 60.2 cm³/mol. The molecule has 2 amide bonds. The molecular weight excluding hydrogens is 233 g/mol. The number of carbonyl (C=O) groups excluding carboxylic acids is 2. The molecule has 0 fully saturated rings. The first-order chi connectivity index (χ1) is 7.25. The Morgan fingerprint density at radius 1 is 1.12 bits per heavy atom. The first-order valence-corrected chi connectivity index (χ1v) is 6.10. The fraction of sp³-hybridized carbons (Fsp3) is 0.750. The minimum atomic E-state index is -2.22. The molecule has 94 valence electrons. The zero-order valence-corrected chi connectivity index (χ0v) is 10.4. The standard InChI is InChI=1S/C8H18N3O4P/c1-4(9)7(12)10-5(2)8(13)11-6(3)16(14)15/h4-6,14-15H,9H2,1-3H3,(H,10,12)(H,11,13)/t4-,5-,6?/m0/s1. The molecule has 0 aliphatic heterocycles. The van der Waals surface area contributed by atoms with Gasteiger partial charge < -0.3 is 26.2 Å². The minimum absolute atomic E-state index is 0.439. The van der Waals surface area contributed by atoms with Gasteiger partial charge >= 0.3 is 0 Å². The van der Waals surface area contributed by atoms with Crippen LogP contribution < -0.4 is 16.4 Å². The lowest BCUT2D eigenvalue weighted by atomic mass is 10.2. The third-order valence-electron chi connectivity index (χ3n) is 1.86. The molecule has 0 saturated carbocycles. The summed E-state index contributed by atoms with van der Waals surface area (Å²) in [6, 6.07) is -1.46. The number of nitrogens with one attached hydrogen (secondary N) is 2. The summed E-state index contributed by atoms with van der Waals surface area (Å²) in [5.74, 6) is -1.67. The molecule has 0 rings (SSSR count). The molecule has 0 aliphatic rings. The maximum absolute atomic E-state index is 11.4. The summed E-state index contributed by atoms with van der Waals surface area (Å²) in [5.41, 5.74) is 5.31. The van der Waals surface area contributed by atoms with Crippen LogP contribution in [0.4, 0.5) is 0 Å². The molecule has 0 bridgehead atoms. The van der Waals surface area contributed by atoms with E-state index in [1.807, 2.05) is 0 Å². The number of amides is 2. The van der Waals surface area contributed by atoms with E-state index in [9.17, 15) is 9.59 Å². The number of carbonyl (C=O) groups is 2. The van der Waals surface area contributed by atoms with Crippen LogP contribution in [-0.2, 0) is 9.59 Å². The normalized spacial score (nSPS) is 16.4. The molecule has 0 spiro atoms. The molecule has 0 aromatic heterocycles. The van der Waals surface area contributed by atoms with E-state index < -0.39 is 38.1 Å². The second-order valence-corrected chi connectivity index (χ2v) is 4.94. The molecular formula is C8H18N3O4P. The second-order valence-electron chi connectivity index (χ2n) is 3.52. The Hall–Kier alpha value is -0.750. The van der Waals surface area contributed by atoms with Crippen molar-refractivity contribution in [1.29, 1.82) is 0 Å². The highest BCUT2D eigenvalue weighted by Gasteiger charge is 2.21. The molecule has 0 radical (unpaired) electrons. The van der Waals surface area contributed by atoms with Gasteiger partial charge in [0.15, 0.2) is 8.38 Å². The number of hydrogen-bond acceptors (Lipinski definition) is 5. The average molecular weight is 251 g/mol. The van der Waals surface area contributed by atoms with Gasteiger partial charge in [-0.1, -0.05) is 0 Å². The van der Waals surface area contributed by atoms with Gasteiger partial charge in [0.2, 0.25) is 11.8 Å². The second kappa shape index (κ2) is 6.75. The van der Waals surface area contributed by atoms with Crippen molar-refractivity contribution >= 4 is 20.2 Å². The maximum atomic E-state index is 11.4. The average Bonchev–Trinajstić information content (AvgIpc) is 2.16. The van der Waals surface area contributed by atoms with Crippen molar-refractivity contribution in [3.63, 3.8) is 0 Å². The van der Waals surface area contributed by atoms with Crippen molar-refractivity contribution in [3.8, 4) is 0 Å². The summed E-state index contributed by atoms with van der Waals surface area (Å²) >= 11 is 0. The summed E-state index contributed by atoms with van der Waals surface area (Å²) in [7, 11) is -2.22. The van der Waals surface area contributed by atoms with E-state index in [2.05, 4.69) is 10.6 Å². The van der Waals surface area contributed by atoms with E-state index in [-0.39, 0.29) is 0 Å². The third kappa shape index (κ3) is 5.37. The molecule has 6 N–H and O–H groups in total. The maximum Gasteiger partial charge on any atom is 0.242 e. The summed E-state index contributed by atoms with van der Waals surface area (Å²) in [6.45, 7) is 4.45. The van der Waals surface area contributed by atoms with Crippen LogP contribution in [0.5, 0.6) is 0 Å². The Kier molecular flexibility index (Phi) is 6.43. The first kappa shape index (κ1) is 15.2. The minimum Gasteiger partial charge on any atom is -0.349 e. The van der Waals surface area contributed by atoms with Gasteiger partial charge in [0.1, 0.15) is 6.04 Å². The van der Waals surface area contributed by atoms with E-state index >= 15 is 0 Å². The van der Waals surface area contributed by atoms with Gasteiger partial charge in [-0.2, -0.15) is 0 Å². The molecule has 0 heterocycles. The van der Waals surface area contributed by atoms with Crippen LogP contribution in [0.15, 0.2) is 0 Å². The zero-order valence-electron chi connectivity index (χ0n) is 9.47. The quantitative estimate of drug-likeness (QED) is 0.384. The highest BCUT2D eigenvalue weighted by atomic mass is 31.2. The Bertz CT molecular complexity index is 260.